The first-order valence-electron chi connectivity index (χ1n) is 4.70. The topological polar surface area (TPSA) is 83.5 Å². The molecule has 1 unspecified atom stereocenters. The summed E-state index contributed by atoms with van der Waals surface area (Å²) in [6.45, 7) is 0. The fraction of sp³-hybridized carbons (Fsp3) is 0.300. The number of carboxylic acids is 1. The third kappa shape index (κ3) is 3.27. The molecular formula is C10H9ClF3NO3. The molecule has 1 aromatic rings. The van der Waals surface area contributed by atoms with Crippen LogP contribution in [0.3, 0.4) is 0 Å². The SMILES string of the molecule is NC(Cc1cc(Cl)c(O)c(C(F)(F)F)c1)C(=O)O. The van der Waals surface area contributed by atoms with E-state index in [1.165, 1.54) is 0 Å². The van der Waals surface area contributed by atoms with E-state index in [1.54, 1.807) is 0 Å². The molecule has 18 heavy (non-hydrogen) atoms. The normalized spacial score (nSPS) is 13.4. The number of aromatic hydroxyl groups is 1. The molecule has 0 fully saturated rings. The lowest BCUT2D eigenvalue weighted by Crippen LogP contribution is -2.32. The van der Waals surface area contributed by atoms with E-state index in [4.69, 9.17) is 22.4 Å². The Morgan fingerprint density at radius 3 is 2.44 bits per heavy atom. The highest BCUT2D eigenvalue weighted by molar-refractivity contribution is 6.32. The van der Waals surface area contributed by atoms with Gasteiger partial charge in [0.15, 0.2) is 0 Å². The van der Waals surface area contributed by atoms with Crippen LogP contribution in [0.1, 0.15) is 11.1 Å². The number of alkyl halides is 3. The maximum absolute atomic E-state index is 12.5. The van der Waals surface area contributed by atoms with Crippen molar-refractivity contribution in [3.63, 3.8) is 0 Å². The number of carboxylic acid groups (broad SMARTS) is 1. The fourth-order valence-electron chi connectivity index (χ4n) is 1.33. The molecule has 0 aliphatic rings. The molecule has 0 bridgehead atoms. The van der Waals surface area contributed by atoms with Gasteiger partial charge in [0.2, 0.25) is 0 Å². The van der Waals surface area contributed by atoms with Gasteiger partial charge < -0.3 is 15.9 Å². The number of nitrogens with two attached hydrogens (primary N) is 1. The van der Waals surface area contributed by atoms with Crippen molar-refractivity contribution in [3.05, 3.63) is 28.3 Å². The number of benzene rings is 1. The lowest BCUT2D eigenvalue weighted by Gasteiger charge is -2.13. The van der Waals surface area contributed by atoms with E-state index in [0.717, 1.165) is 6.07 Å². The molecule has 4 N–H and O–H groups in total. The third-order valence-electron chi connectivity index (χ3n) is 2.20. The van der Waals surface area contributed by atoms with Gasteiger partial charge in [-0.25, -0.2) is 0 Å². The Kier molecular flexibility index (Phi) is 4.08. The van der Waals surface area contributed by atoms with E-state index in [-0.39, 0.29) is 12.0 Å². The van der Waals surface area contributed by atoms with Gasteiger partial charge in [-0.2, -0.15) is 13.2 Å². The molecule has 1 aromatic carbocycles. The van der Waals surface area contributed by atoms with Gasteiger partial charge in [0, 0.05) is 0 Å². The molecule has 0 radical (unpaired) electrons. The molecule has 0 aliphatic heterocycles. The van der Waals surface area contributed by atoms with E-state index >= 15 is 0 Å². The average Bonchev–Trinajstić information content (AvgIpc) is 2.21. The van der Waals surface area contributed by atoms with Gasteiger partial charge in [-0.1, -0.05) is 11.6 Å². The summed E-state index contributed by atoms with van der Waals surface area (Å²) in [5, 5.41) is 17.3. The van der Waals surface area contributed by atoms with Crippen LogP contribution in [0.5, 0.6) is 5.75 Å². The molecule has 0 aliphatic carbocycles. The Balaban J connectivity index is 3.17. The standard InChI is InChI=1S/C10H9ClF3NO3/c11-6-2-4(3-7(15)9(17)18)1-5(8(6)16)10(12,13)14/h1-2,7,16H,3,15H2,(H,17,18). The number of phenols is 1. The lowest BCUT2D eigenvalue weighted by atomic mass is 10.0. The van der Waals surface area contributed by atoms with Crippen molar-refractivity contribution in [1.29, 1.82) is 0 Å². The van der Waals surface area contributed by atoms with Gasteiger partial charge in [0.1, 0.15) is 11.8 Å². The monoisotopic (exact) mass is 283 g/mol. The van der Waals surface area contributed by atoms with Crippen LogP contribution in [0, 0.1) is 0 Å². The average molecular weight is 284 g/mol. The van der Waals surface area contributed by atoms with Crippen molar-refractivity contribution in [1.82, 2.24) is 0 Å². The molecule has 0 aromatic heterocycles. The van der Waals surface area contributed by atoms with Crippen LogP contribution >= 0.6 is 11.6 Å². The maximum Gasteiger partial charge on any atom is 0.420 e. The van der Waals surface area contributed by atoms with Gasteiger partial charge in [-0.05, 0) is 24.1 Å². The van der Waals surface area contributed by atoms with Crippen LogP contribution in [0.25, 0.3) is 0 Å². The highest BCUT2D eigenvalue weighted by Gasteiger charge is 2.35. The number of rotatable bonds is 3. The summed E-state index contributed by atoms with van der Waals surface area (Å²) in [7, 11) is 0. The molecule has 1 rings (SSSR count). The molecule has 1 atom stereocenters. The highest BCUT2D eigenvalue weighted by atomic mass is 35.5. The summed E-state index contributed by atoms with van der Waals surface area (Å²) in [6, 6.07) is 0.338. The molecular weight excluding hydrogens is 275 g/mol. The minimum absolute atomic E-state index is 0.0139. The number of carbonyl (C=O) groups is 1. The summed E-state index contributed by atoms with van der Waals surface area (Å²) in [5.41, 5.74) is 3.88. The molecule has 0 saturated carbocycles. The fourth-order valence-corrected chi connectivity index (χ4v) is 1.57. The minimum Gasteiger partial charge on any atom is -0.506 e. The van der Waals surface area contributed by atoms with Crippen LogP contribution in [0.2, 0.25) is 5.02 Å². The van der Waals surface area contributed by atoms with Gasteiger partial charge >= 0.3 is 12.1 Å². The lowest BCUT2D eigenvalue weighted by molar-refractivity contribution is -0.139. The number of halogens is 4. The zero-order valence-electron chi connectivity index (χ0n) is 8.83. The quantitative estimate of drug-likeness (QED) is 0.792. The molecule has 8 heteroatoms. The van der Waals surface area contributed by atoms with E-state index in [1.807, 2.05) is 0 Å². The molecule has 0 spiro atoms. The summed E-state index contributed by atoms with van der Waals surface area (Å²) in [5.74, 6) is -2.43. The minimum atomic E-state index is -4.78. The number of hydrogen-bond acceptors (Lipinski definition) is 3. The summed E-state index contributed by atoms with van der Waals surface area (Å²) in [6.07, 6.45) is -5.10. The van der Waals surface area contributed by atoms with Gasteiger partial charge in [-0.15, -0.1) is 0 Å². The molecule has 0 amide bonds. The van der Waals surface area contributed by atoms with Crippen LogP contribution in [0.15, 0.2) is 12.1 Å². The van der Waals surface area contributed by atoms with Crippen molar-refractivity contribution < 1.29 is 28.2 Å². The number of hydrogen-bond donors (Lipinski definition) is 3. The van der Waals surface area contributed by atoms with Gasteiger partial charge in [-0.3, -0.25) is 4.79 Å². The predicted octanol–water partition coefficient (Wildman–Crippen LogP) is 2.02. The molecule has 4 nitrogen and oxygen atoms in total. The second kappa shape index (κ2) is 5.03. The predicted molar refractivity (Wildman–Crippen MR) is 57.4 cm³/mol. The Labute approximate surface area is 105 Å². The Morgan fingerprint density at radius 1 is 1.44 bits per heavy atom. The molecule has 100 valence electrons. The van der Waals surface area contributed by atoms with E-state index in [0.29, 0.717) is 6.07 Å². The smallest absolute Gasteiger partial charge is 0.420 e. The second-order valence-electron chi connectivity index (χ2n) is 3.62. The highest BCUT2D eigenvalue weighted by Crippen LogP contribution is 2.40. The van der Waals surface area contributed by atoms with Crippen molar-refractivity contribution in [3.8, 4) is 5.75 Å². The van der Waals surface area contributed by atoms with Crippen LogP contribution < -0.4 is 5.73 Å². The number of phenolic OH excluding ortho intramolecular Hbond substituents is 1. The van der Waals surface area contributed by atoms with Crippen LogP contribution in [-0.2, 0) is 17.4 Å². The Hall–Kier alpha value is -1.47. The van der Waals surface area contributed by atoms with E-state index in [2.05, 4.69) is 0 Å². The Bertz CT molecular complexity index is 476. The van der Waals surface area contributed by atoms with Gasteiger partial charge in [0.05, 0.1) is 10.6 Å². The largest absolute Gasteiger partial charge is 0.506 e. The number of aliphatic carboxylic acids is 1. The first-order valence-corrected chi connectivity index (χ1v) is 5.07. The third-order valence-corrected chi connectivity index (χ3v) is 2.49. The summed E-state index contributed by atoms with van der Waals surface area (Å²) >= 11 is 5.45. The van der Waals surface area contributed by atoms with E-state index < -0.39 is 34.5 Å². The summed E-state index contributed by atoms with van der Waals surface area (Å²) < 4.78 is 37.6. The maximum atomic E-state index is 12.5. The van der Waals surface area contributed by atoms with Gasteiger partial charge in [0.25, 0.3) is 0 Å². The molecule has 0 saturated heterocycles. The first-order chi connectivity index (χ1) is 8.12. The first kappa shape index (κ1) is 14.6. The zero-order chi connectivity index (χ0) is 14.1. The second-order valence-corrected chi connectivity index (χ2v) is 4.03. The van der Waals surface area contributed by atoms with Crippen molar-refractivity contribution >= 4 is 17.6 Å². The molecule has 0 heterocycles. The van der Waals surface area contributed by atoms with Crippen molar-refractivity contribution in [2.24, 2.45) is 5.73 Å². The van der Waals surface area contributed by atoms with Crippen LogP contribution in [0.4, 0.5) is 13.2 Å². The Morgan fingerprint density at radius 2 is 2.00 bits per heavy atom. The van der Waals surface area contributed by atoms with Crippen molar-refractivity contribution in [2.75, 3.05) is 0 Å². The van der Waals surface area contributed by atoms with Crippen LogP contribution in [-0.4, -0.2) is 22.2 Å². The van der Waals surface area contributed by atoms with E-state index in [9.17, 15) is 23.1 Å². The zero-order valence-corrected chi connectivity index (χ0v) is 9.59. The summed E-state index contributed by atoms with van der Waals surface area (Å²) in [4.78, 5) is 10.5. The van der Waals surface area contributed by atoms with Crippen molar-refractivity contribution in [2.45, 2.75) is 18.6 Å².